The van der Waals surface area contributed by atoms with Crippen LogP contribution in [0.15, 0.2) is 64.6 Å². The number of carbonyl (C=O) groups excluding carboxylic acids is 1. The van der Waals surface area contributed by atoms with E-state index < -0.39 is 17.2 Å². The highest BCUT2D eigenvalue weighted by molar-refractivity contribution is 6.54. The Kier molecular flexibility index (Phi) is 9.73. The Hall–Kier alpha value is -6.55. The number of halogens is 1. The molecular formula is C41H41FN8O7. The molecule has 16 heteroatoms. The molecule has 8 rings (SSSR count). The van der Waals surface area contributed by atoms with E-state index >= 15 is 4.39 Å². The molecule has 3 aliphatic rings. The smallest absolute Gasteiger partial charge is 0.341 e. The molecule has 1 saturated heterocycles. The predicted octanol–water partition coefficient (Wildman–Crippen LogP) is 4.72. The highest BCUT2D eigenvalue weighted by Crippen LogP contribution is 2.40. The van der Waals surface area contributed by atoms with Gasteiger partial charge in [0.05, 0.1) is 44.9 Å². The van der Waals surface area contributed by atoms with Crippen LogP contribution in [0.3, 0.4) is 0 Å². The molecule has 2 aromatic heterocycles. The fourth-order valence-electron chi connectivity index (χ4n) is 7.57. The summed E-state index contributed by atoms with van der Waals surface area (Å²) >= 11 is 0. The van der Waals surface area contributed by atoms with Crippen molar-refractivity contribution in [2.24, 2.45) is 4.99 Å². The summed E-state index contributed by atoms with van der Waals surface area (Å²) in [6.45, 7) is 4.19. The molecule has 0 atom stereocenters. The van der Waals surface area contributed by atoms with E-state index in [1.54, 1.807) is 35.9 Å². The van der Waals surface area contributed by atoms with Crippen molar-refractivity contribution in [1.82, 2.24) is 19.4 Å². The molecule has 15 nitrogen and oxygen atoms in total. The van der Waals surface area contributed by atoms with Crippen LogP contribution in [0.5, 0.6) is 17.2 Å². The van der Waals surface area contributed by atoms with Crippen molar-refractivity contribution in [2.45, 2.75) is 32.2 Å². The Morgan fingerprint density at radius 1 is 0.982 bits per heavy atom. The average Bonchev–Trinajstić information content (AvgIpc) is 4.02. The number of carboxylic acids is 1. The van der Waals surface area contributed by atoms with Gasteiger partial charge in [-0.25, -0.2) is 19.2 Å². The first-order chi connectivity index (χ1) is 27.5. The monoisotopic (exact) mass is 776 g/mol. The van der Waals surface area contributed by atoms with E-state index in [2.05, 4.69) is 19.9 Å². The number of fused-ring (bicyclic) bond motifs is 2. The number of nitrogens with two attached hydrogens (primary N) is 1. The van der Waals surface area contributed by atoms with Crippen molar-refractivity contribution in [2.75, 3.05) is 69.7 Å². The Morgan fingerprint density at radius 3 is 2.33 bits per heavy atom. The van der Waals surface area contributed by atoms with Crippen LogP contribution < -0.4 is 35.2 Å². The van der Waals surface area contributed by atoms with Gasteiger partial charge < -0.3 is 34.5 Å². The van der Waals surface area contributed by atoms with E-state index in [1.807, 2.05) is 42.2 Å². The first-order valence-corrected chi connectivity index (χ1v) is 18.5. The minimum atomic E-state index is -1.33. The van der Waals surface area contributed by atoms with Crippen LogP contribution in [0.2, 0.25) is 0 Å². The number of rotatable bonds is 11. The average molecular weight is 777 g/mol. The van der Waals surface area contributed by atoms with Gasteiger partial charge in [0, 0.05) is 67.5 Å². The Labute approximate surface area is 326 Å². The number of aryl methyl sites for hydroxylation is 1. The molecule has 1 saturated carbocycles. The number of nitrogens with zero attached hydrogens (tertiary/aromatic N) is 7. The lowest BCUT2D eigenvalue weighted by molar-refractivity contribution is -0.112. The predicted molar refractivity (Wildman–Crippen MR) is 212 cm³/mol. The maximum atomic E-state index is 15.6. The summed E-state index contributed by atoms with van der Waals surface area (Å²) in [6.07, 6.45) is 5.07. The van der Waals surface area contributed by atoms with Crippen molar-refractivity contribution in [3.05, 3.63) is 98.7 Å². The van der Waals surface area contributed by atoms with Gasteiger partial charge in [-0.3, -0.25) is 19.4 Å². The molecule has 3 aromatic carbocycles. The standard InChI is InChI=1S/C41H41FN8O7/c1-22-5-8-30-26(13-22)35(45-41-44-19-24(38(43)46-41)14-23-15-33(55-2)37(57-4)34(16-23)56-3)39(52)50(30)21-47-9-11-48(12-10-47)32-18-31-27(17-29(32)42)36(51)28(40(53)54)20-49(31)25-6-7-25/h5,8,13,15-20,25H,6-7,9-12,14,21H2,1-4H3,(H,53,54)(H2,43,44,46)/b45-35+. The summed E-state index contributed by atoms with van der Waals surface area (Å²) in [6, 6.07) is 12.3. The number of aromatic carboxylic acids is 1. The molecule has 3 N–H and O–H groups in total. The number of aliphatic imine (C=N–C) groups is 1. The van der Waals surface area contributed by atoms with Crippen LogP contribution in [0.4, 0.5) is 27.5 Å². The van der Waals surface area contributed by atoms with Crippen LogP contribution in [-0.2, 0) is 11.2 Å². The maximum absolute atomic E-state index is 15.6. The fourth-order valence-corrected chi connectivity index (χ4v) is 7.57. The number of ether oxygens (including phenoxy) is 3. The van der Waals surface area contributed by atoms with Gasteiger partial charge in [0.15, 0.2) is 11.5 Å². The fraction of sp³-hybridized carbons (Fsp3) is 0.317. The summed E-state index contributed by atoms with van der Waals surface area (Å²) < 4.78 is 33.8. The van der Waals surface area contributed by atoms with E-state index in [4.69, 9.17) is 19.9 Å². The third kappa shape index (κ3) is 6.96. The first-order valence-electron chi connectivity index (χ1n) is 18.5. The molecule has 0 bridgehead atoms. The van der Waals surface area contributed by atoms with Gasteiger partial charge in [-0.15, -0.1) is 0 Å². The number of methoxy groups -OCH3 is 3. The first kappa shape index (κ1) is 37.4. The van der Waals surface area contributed by atoms with Crippen LogP contribution in [0.1, 0.15) is 51.5 Å². The Bertz CT molecular complexity index is 2520. The van der Waals surface area contributed by atoms with Gasteiger partial charge in [0.25, 0.3) is 11.9 Å². The van der Waals surface area contributed by atoms with Gasteiger partial charge in [-0.05, 0) is 61.7 Å². The van der Waals surface area contributed by atoms with Gasteiger partial charge in [-0.1, -0.05) is 11.6 Å². The number of benzene rings is 3. The second kappa shape index (κ2) is 14.8. The molecule has 5 aromatic rings. The normalized spacial score (nSPS) is 16.4. The molecule has 2 fully saturated rings. The number of carbonyl (C=O) groups is 2. The van der Waals surface area contributed by atoms with Crippen molar-refractivity contribution in [1.29, 1.82) is 0 Å². The van der Waals surface area contributed by atoms with Crippen molar-refractivity contribution in [3.63, 3.8) is 0 Å². The molecule has 2 aliphatic heterocycles. The molecular weight excluding hydrogens is 735 g/mol. The van der Waals surface area contributed by atoms with E-state index in [0.717, 1.165) is 30.0 Å². The number of carboxylic acid groups (broad SMARTS) is 1. The topological polar surface area (TPSA) is 178 Å². The third-order valence-electron chi connectivity index (χ3n) is 10.7. The molecule has 1 amide bonds. The number of piperazine rings is 1. The van der Waals surface area contributed by atoms with Crippen LogP contribution in [0, 0.1) is 12.7 Å². The minimum absolute atomic E-state index is 0.0520. The lowest BCUT2D eigenvalue weighted by Gasteiger charge is -2.38. The van der Waals surface area contributed by atoms with Gasteiger partial charge >= 0.3 is 5.97 Å². The zero-order valence-corrected chi connectivity index (χ0v) is 31.9. The number of anilines is 3. The summed E-state index contributed by atoms with van der Waals surface area (Å²) in [5.41, 5.74) is 10.2. The van der Waals surface area contributed by atoms with Crippen molar-refractivity contribution >= 4 is 51.6 Å². The number of nitrogen functional groups attached to an aromatic ring is 1. The molecule has 1 aliphatic carbocycles. The lowest BCUT2D eigenvalue weighted by atomic mass is 10.1. The summed E-state index contributed by atoms with van der Waals surface area (Å²) in [5.74, 6) is -0.465. The quantitative estimate of drug-likeness (QED) is 0.189. The van der Waals surface area contributed by atoms with Crippen LogP contribution in [-0.4, -0.2) is 96.3 Å². The van der Waals surface area contributed by atoms with E-state index in [9.17, 15) is 19.5 Å². The Balaban J connectivity index is 0.996. The van der Waals surface area contributed by atoms with Gasteiger partial charge in [-0.2, -0.15) is 4.98 Å². The van der Waals surface area contributed by atoms with E-state index in [-0.39, 0.29) is 47.0 Å². The Morgan fingerprint density at radius 2 is 1.70 bits per heavy atom. The number of hydrogen-bond donors (Lipinski definition) is 2. The van der Waals surface area contributed by atoms with Gasteiger partial charge in [0.1, 0.15) is 22.9 Å². The molecule has 57 heavy (non-hydrogen) atoms. The number of amides is 1. The summed E-state index contributed by atoms with van der Waals surface area (Å²) in [4.78, 5) is 58.1. The number of pyridine rings is 1. The molecule has 0 unspecified atom stereocenters. The molecule has 0 radical (unpaired) electrons. The third-order valence-corrected chi connectivity index (χ3v) is 10.7. The second-order valence-electron chi connectivity index (χ2n) is 14.4. The summed E-state index contributed by atoms with van der Waals surface area (Å²) in [5, 5.41) is 9.65. The maximum Gasteiger partial charge on any atom is 0.341 e. The van der Waals surface area contributed by atoms with Crippen molar-refractivity contribution in [3.8, 4) is 17.2 Å². The molecule has 4 heterocycles. The van der Waals surface area contributed by atoms with Crippen LogP contribution in [0.25, 0.3) is 10.9 Å². The van der Waals surface area contributed by atoms with E-state index in [1.165, 1.54) is 13.3 Å². The highest BCUT2D eigenvalue weighted by atomic mass is 19.1. The van der Waals surface area contributed by atoms with Crippen LogP contribution >= 0.6 is 0 Å². The van der Waals surface area contributed by atoms with Crippen molar-refractivity contribution < 1.29 is 33.3 Å². The lowest BCUT2D eigenvalue weighted by Crippen LogP contribution is -2.51. The highest BCUT2D eigenvalue weighted by Gasteiger charge is 2.36. The SMILES string of the molecule is COc1cc(Cc2cnc(/N=C3/C(=O)N(CN4CCN(c5cc6c(cc5F)c(=O)c(C(=O)O)cn6C5CC5)CC4)c4ccc(C)cc43)nc2N)cc(OC)c1OC. The largest absolute Gasteiger partial charge is 0.493 e. The zero-order valence-electron chi connectivity index (χ0n) is 31.9. The van der Waals surface area contributed by atoms with E-state index in [0.29, 0.717) is 77.9 Å². The molecule has 294 valence electrons. The minimum Gasteiger partial charge on any atom is -0.493 e. The van der Waals surface area contributed by atoms with Gasteiger partial charge in [0.2, 0.25) is 11.2 Å². The second-order valence-corrected chi connectivity index (χ2v) is 14.4. The number of hydrogen-bond acceptors (Lipinski definition) is 12. The summed E-state index contributed by atoms with van der Waals surface area (Å²) in [7, 11) is 4.63. The molecule has 0 spiro atoms. The zero-order chi connectivity index (χ0) is 40.1. The number of aromatic nitrogens is 3.